The Morgan fingerprint density at radius 2 is 2.11 bits per heavy atom. The third kappa shape index (κ3) is 2.49. The number of carbonyl (C=O) groups is 1. The summed E-state index contributed by atoms with van der Waals surface area (Å²) in [4.78, 5) is 12.1. The van der Waals surface area contributed by atoms with E-state index in [1.807, 2.05) is 0 Å². The number of aromatic amines is 1. The summed E-state index contributed by atoms with van der Waals surface area (Å²) in [5, 5.41) is 9.37. The molecule has 0 atom stereocenters. The number of hydrogen-bond acceptors (Lipinski definition) is 3. The number of nitrogens with two attached hydrogens (primary N) is 1. The minimum atomic E-state index is -0.359. The Bertz CT molecular complexity index is 611. The monoisotopic (exact) mass is 280 g/mol. The van der Waals surface area contributed by atoms with Crippen LogP contribution < -0.4 is 11.1 Å². The average Bonchev–Trinajstić information content (AvgIpc) is 2.77. The molecule has 18 heavy (non-hydrogen) atoms. The van der Waals surface area contributed by atoms with Gasteiger partial charge in [-0.25, -0.2) is 0 Å². The fourth-order valence-electron chi connectivity index (χ4n) is 1.39. The van der Waals surface area contributed by atoms with Crippen LogP contribution in [0, 0.1) is 0 Å². The second-order valence-electron chi connectivity index (χ2n) is 3.46. The highest BCUT2D eigenvalue weighted by Gasteiger charge is 2.14. The fourth-order valence-corrected chi connectivity index (χ4v) is 1.77. The molecule has 0 aliphatic carbocycles. The van der Waals surface area contributed by atoms with E-state index < -0.39 is 0 Å². The first-order chi connectivity index (χ1) is 8.59. The molecule has 0 saturated carbocycles. The van der Waals surface area contributed by atoms with Crippen molar-refractivity contribution in [3.8, 4) is 0 Å². The smallest absolute Gasteiger partial charge is 0.258 e. The van der Waals surface area contributed by atoms with E-state index >= 15 is 0 Å². The van der Waals surface area contributed by atoms with Gasteiger partial charge >= 0.3 is 0 Å². The lowest BCUT2D eigenvalue weighted by molar-refractivity contribution is 0.102. The van der Waals surface area contributed by atoms with Gasteiger partial charge < -0.3 is 11.1 Å². The molecule has 0 fully saturated rings. The van der Waals surface area contributed by atoms with E-state index in [2.05, 4.69) is 15.5 Å². The zero-order chi connectivity index (χ0) is 13.1. The molecule has 1 heterocycles. The number of rotatable bonds is 3. The van der Waals surface area contributed by atoms with Gasteiger partial charge in [0.05, 0.1) is 22.3 Å². The highest BCUT2D eigenvalue weighted by atomic mass is 35.5. The Hall–Kier alpha value is -1.92. The van der Waals surface area contributed by atoms with Gasteiger partial charge in [-0.15, -0.1) is 0 Å². The molecule has 2 aromatic rings. The first kappa shape index (κ1) is 12.5. The number of amides is 1. The number of thiocarbonyl (C=S) groups is 1. The van der Waals surface area contributed by atoms with Crippen molar-refractivity contribution in [3.63, 3.8) is 0 Å². The van der Waals surface area contributed by atoms with Gasteiger partial charge in [0.2, 0.25) is 0 Å². The van der Waals surface area contributed by atoms with Crippen LogP contribution in [0.15, 0.2) is 30.5 Å². The van der Waals surface area contributed by atoms with Crippen LogP contribution in [0.25, 0.3) is 0 Å². The number of carbonyl (C=O) groups excluding carboxylic acids is 1. The summed E-state index contributed by atoms with van der Waals surface area (Å²) >= 11 is 10.8. The van der Waals surface area contributed by atoms with E-state index in [0.29, 0.717) is 22.0 Å². The molecule has 1 amide bonds. The second kappa shape index (κ2) is 5.16. The fraction of sp³-hybridized carbons (Fsp3) is 0. The maximum absolute atomic E-state index is 12.0. The zero-order valence-electron chi connectivity index (χ0n) is 9.11. The molecule has 0 spiro atoms. The summed E-state index contributed by atoms with van der Waals surface area (Å²) < 4.78 is 0. The number of H-pyrrole nitrogens is 1. The lowest BCUT2D eigenvalue weighted by Crippen LogP contribution is -2.17. The lowest BCUT2D eigenvalue weighted by atomic mass is 10.2. The molecule has 0 radical (unpaired) electrons. The van der Waals surface area contributed by atoms with Crippen LogP contribution >= 0.6 is 23.8 Å². The summed E-state index contributed by atoms with van der Waals surface area (Å²) in [6.45, 7) is 0. The van der Waals surface area contributed by atoms with E-state index in [9.17, 15) is 4.79 Å². The normalized spacial score (nSPS) is 10.1. The molecule has 1 aromatic heterocycles. The molecule has 0 unspecified atom stereocenters. The molecular formula is C11H9ClN4OS. The van der Waals surface area contributed by atoms with E-state index in [4.69, 9.17) is 29.6 Å². The summed E-state index contributed by atoms with van der Waals surface area (Å²) in [6, 6.07) is 6.73. The first-order valence-corrected chi connectivity index (χ1v) is 5.77. The number of hydrogen-bond donors (Lipinski definition) is 3. The van der Waals surface area contributed by atoms with Crippen molar-refractivity contribution in [2.75, 3.05) is 5.32 Å². The molecule has 0 aliphatic heterocycles. The minimum Gasteiger partial charge on any atom is -0.389 e. The van der Waals surface area contributed by atoms with Gasteiger partial charge in [0, 0.05) is 0 Å². The predicted octanol–water partition coefficient (Wildman–Crippen LogP) is 1.95. The Balaban J connectivity index is 2.25. The summed E-state index contributed by atoms with van der Waals surface area (Å²) in [6.07, 6.45) is 1.45. The summed E-state index contributed by atoms with van der Waals surface area (Å²) in [5.41, 5.74) is 6.34. The molecule has 0 bridgehead atoms. The maximum atomic E-state index is 12.0. The molecule has 5 nitrogen and oxygen atoms in total. The standard InChI is InChI=1S/C11H9ClN4OS/c12-8-4-2-1-3-6(8)11(17)15-10-7(9(13)18)5-14-16-10/h1-5H,(H2,13,18)(H2,14,15,16,17). The molecule has 4 N–H and O–H groups in total. The number of halogens is 1. The second-order valence-corrected chi connectivity index (χ2v) is 4.30. The number of nitrogens with zero attached hydrogens (tertiary/aromatic N) is 1. The molecule has 0 aliphatic rings. The highest BCUT2D eigenvalue weighted by molar-refractivity contribution is 7.80. The van der Waals surface area contributed by atoms with Crippen LogP contribution in [-0.4, -0.2) is 21.1 Å². The largest absolute Gasteiger partial charge is 0.389 e. The van der Waals surface area contributed by atoms with Crippen molar-refractivity contribution in [2.45, 2.75) is 0 Å². The van der Waals surface area contributed by atoms with Crippen LogP contribution in [0.1, 0.15) is 15.9 Å². The van der Waals surface area contributed by atoms with Gasteiger partial charge in [0.15, 0.2) is 0 Å². The van der Waals surface area contributed by atoms with Gasteiger partial charge in [0.25, 0.3) is 5.91 Å². The average molecular weight is 281 g/mol. The summed E-state index contributed by atoms with van der Waals surface area (Å²) in [7, 11) is 0. The van der Waals surface area contributed by atoms with Crippen LogP contribution in [0.3, 0.4) is 0 Å². The molecule has 92 valence electrons. The Kier molecular flexibility index (Phi) is 3.59. The number of aromatic nitrogens is 2. The third-order valence-corrected chi connectivity index (χ3v) is 2.81. The first-order valence-electron chi connectivity index (χ1n) is 4.98. The van der Waals surface area contributed by atoms with Crippen molar-refractivity contribution >= 4 is 40.5 Å². The van der Waals surface area contributed by atoms with Crippen LogP contribution in [0.2, 0.25) is 5.02 Å². The van der Waals surface area contributed by atoms with Gasteiger partial charge in [-0.1, -0.05) is 36.0 Å². The molecule has 2 rings (SSSR count). The van der Waals surface area contributed by atoms with Crippen molar-refractivity contribution in [1.82, 2.24) is 10.2 Å². The van der Waals surface area contributed by atoms with Crippen molar-refractivity contribution < 1.29 is 4.79 Å². The van der Waals surface area contributed by atoms with Crippen molar-refractivity contribution in [3.05, 3.63) is 46.6 Å². The third-order valence-electron chi connectivity index (χ3n) is 2.26. The van der Waals surface area contributed by atoms with Crippen LogP contribution in [-0.2, 0) is 0 Å². The van der Waals surface area contributed by atoms with Crippen LogP contribution in [0.5, 0.6) is 0 Å². The predicted molar refractivity (Wildman–Crippen MR) is 73.9 cm³/mol. The van der Waals surface area contributed by atoms with E-state index in [-0.39, 0.29) is 10.9 Å². The van der Waals surface area contributed by atoms with Gasteiger partial charge in [-0.3, -0.25) is 9.89 Å². The van der Waals surface area contributed by atoms with Gasteiger partial charge in [-0.05, 0) is 12.1 Å². The van der Waals surface area contributed by atoms with E-state index in [1.165, 1.54) is 6.20 Å². The molecule has 7 heteroatoms. The number of anilines is 1. The van der Waals surface area contributed by atoms with Gasteiger partial charge in [-0.2, -0.15) is 5.10 Å². The van der Waals surface area contributed by atoms with E-state index in [0.717, 1.165) is 0 Å². The molecule has 0 saturated heterocycles. The van der Waals surface area contributed by atoms with Crippen LogP contribution in [0.4, 0.5) is 5.82 Å². The lowest BCUT2D eigenvalue weighted by Gasteiger charge is -2.06. The quantitative estimate of drug-likeness (QED) is 0.751. The number of nitrogens with one attached hydrogen (secondary N) is 2. The minimum absolute atomic E-state index is 0.151. The highest BCUT2D eigenvalue weighted by Crippen LogP contribution is 2.17. The topological polar surface area (TPSA) is 83.8 Å². The Labute approximate surface area is 113 Å². The Morgan fingerprint density at radius 1 is 1.39 bits per heavy atom. The molecule has 1 aromatic carbocycles. The molecular weight excluding hydrogens is 272 g/mol. The van der Waals surface area contributed by atoms with Gasteiger partial charge in [0.1, 0.15) is 10.8 Å². The zero-order valence-corrected chi connectivity index (χ0v) is 10.7. The summed E-state index contributed by atoms with van der Waals surface area (Å²) in [5.74, 6) is -0.00484. The number of benzene rings is 1. The van der Waals surface area contributed by atoms with E-state index in [1.54, 1.807) is 24.3 Å². The Morgan fingerprint density at radius 3 is 2.78 bits per heavy atom. The maximum Gasteiger partial charge on any atom is 0.258 e. The SMILES string of the molecule is NC(=S)c1cn[nH]c1NC(=O)c1ccccc1Cl. The van der Waals surface area contributed by atoms with Crippen molar-refractivity contribution in [2.24, 2.45) is 5.73 Å². The van der Waals surface area contributed by atoms with Crippen molar-refractivity contribution in [1.29, 1.82) is 0 Å².